The highest BCUT2D eigenvalue weighted by Gasteiger charge is 2.10. The van der Waals surface area contributed by atoms with Gasteiger partial charge in [0.2, 0.25) is 5.62 Å². The van der Waals surface area contributed by atoms with Gasteiger partial charge in [0.1, 0.15) is 28.6 Å². The number of para-hydroxylation sites is 1. The summed E-state index contributed by atoms with van der Waals surface area (Å²) in [6.07, 6.45) is 0. The standard InChI is InChI=1S/C18H21N5O3/c1-24-12-8-7-11(15(9-12)26-3)10-21-18-22-16-13(17(19)23(18)20)5-4-6-14(16)25-2/h4-9H,10,19-20H2,1-3H3. The molecule has 0 fully saturated rings. The molecule has 2 aromatic carbocycles. The van der Waals surface area contributed by atoms with E-state index in [0.29, 0.717) is 40.5 Å². The summed E-state index contributed by atoms with van der Waals surface area (Å²) in [6, 6.07) is 11.0. The van der Waals surface area contributed by atoms with Gasteiger partial charge in [0.15, 0.2) is 0 Å². The third-order valence-electron chi connectivity index (χ3n) is 4.07. The summed E-state index contributed by atoms with van der Waals surface area (Å²) in [7, 11) is 4.78. The van der Waals surface area contributed by atoms with Crippen LogP contribution in [0.15, 0.2) is 41.4 Å². The molecule has 0 saturated heterocycles. The fourth-order valence-electron chi connectivity index (χ4n) is 2.65. The van der Waals surface area contributed by atoms with Gasteiger partial charge >= 0.3 is 0 Å². The monoisotopic (exact) mass is 355 g/mol. The maximum atomic E-state index is 6.15. The SMILES string of the molecule is COc1ccc(CN=c2nc3c(OC)cccc3c(N)n2N)c(OC)c1. The quantitative estimate of drug-likeness (QED) is 0.671. The summed E-state index contributed by atoms with van der Waals surface area (Å²) in [6.45, 7) is 0.317. The van der Waals surface area contributed by atoms with Crippen molar-refractivity contribution in [3.8, 4) is 17.2 Å². The van der Waals surface area contributed by atoms with Gasteiger partial charge in [-0.25, -0.2) is 14.7 Å². The molecule has 1 aromatic heterocycles. The van der Waals surface area contributed by atoms with Crippen LogP contribution < -0.4 is 31.4 Å². The van der Waals surface area contributed by atoms with E-state index in [1.54, 1.807) is 27.4 Å². The second-order valence-electron chi connectivity index (χ2n) is 5.52. The van der Waals surface area contributed by atoms with E-state index >= 15 is 0 Å². The molecular formula is C18H21N5O3. The van der Waals surface area contributed by atoms with Gasteiger partial charge in [0.05, 0.1) is 27.9 Å². The number of ether oxygens (including phenoxy) is 3. The van der Waals surface area contributed by atoms with Gasteiger partial charge in [-0.3, -0.25) is 0 Å². The normalized spacial score (nSPS) is 11.6. The summed E-state index contributed by atoms with van der Waals surface area (Å²) in [4.78, 5) is 9.01. The van der Waals surface area contributed by atoms with E-state index in [-0.39, 0.29) is 5.62 Å². The molecule has 0 spiro atoms. The van der Waals surface area contributed by atoms with Crippen LogP contribution in [0, 0.1) is 0 Å². The predicted octanol–water partition coefficient (Wildman–Crippen LogP) is 1.46. The second-order valence-corrected chi connectivity index (χ2v) is 5.52. The van der Waals surface area contributed by atoms with E-state index in [0.717, 1.165) is 5.56 Å². The highest BCUT2D eigenvalue weighted by Crippen LogP contribution is 2.26. The van der Waals surface area contributed by atoms with Crippen molar-refractivity contribution in [3.05, 3.63) is 47.6 Å². The van der Waals surface area contributed by atoms with Gasteiger partial charge < -0.3 is 25.8 Å². The minimum Gasteiger partial charge on any atom is -0.497 e. The van der Waals surface area contributed by atoms with E-state index < -0.39 is 0 Å². The Labute approximate surface area is 150 Å². The molecule has 0 amide bonds. The molecule has 0 unspecified atom stereocenters. The Hall–Kier alpha value is -3.42. The maximum absolute atomic E-state index is 6.15. The Morgan fingerprint density at radius 3 is 2.50 bits per heavy atom. The van der Waals surface area contributed by atoms with Crippen LogP contribution in [0.3, 0.4) is 0 Å². The minimum absolute atomic E-state index is 0.289. The average molecular weight is 355 g/mol. The highest BCUT2D eigenvalue weighted by molar-refractivity contribution is 5.92. The van der Waals surface area contributed by atoms with Crippen molar-refractivity contribution >= 4 is 16.7 Å². The zero-order valence-electron chi connectivity index (χ0n) is 14.9. The Kier molecular flexibility index (Phi) is 4.83. The summed E-state index contributed by atoms with van der Waals surface area (Å²) in [5, 5.41) is 0.702. The maximum Gasteiger partial charge on any atom is 0.246 e. The van der Waals surface area contributed by atoms with Crippen LogP contribution >= 0.6 is 0 Å². The number of nitrogens with two attached hydrogens (primary N) is 2. The van der Waals surface area contributed by atoms with Crippen molar-refractivity contribution in [2.45, 2.75) is 6.54 Å². The summed E-state index contributed by atoms with van der Waals surface area (Å²) in [5.41, 5.74) is 7.91. The van der Waals surface area contributed by atoms with Crippen molar-refractivity contribution in [1.29, 1.82) is 0 Å². The Morgan fingerprint density at radius 1 is 1.04 bits per heavy atom. The number of nitrogens with zero attached hydrogens (tertiary/aromatic N) is 3. The first-order valence-corrected chi connectivity index (χ1v) is 7.90. The first-order chi connectivity index (χ1) is 12.6. The lowest BCUT2D eigenvalue weighted by atomic mass is 10.2. The van der Waals surface area contributed by atoms with E-state index in [1.165, 1.54) is 4.68 Å². The van der Waals surface area contributed by atoms with Crippen LogP contribution in [0.1, 0.15) is 5.56 Å². The second kappa shape index (κ2) is 7.22. The van der Waals surface area contributed by atoms with Gasteiger partial charge in [-0.2, -0.15) is 0 Å². The topological polar surface area (TPSA) is 110 Å². The van der Waals surface area contributed by atoms with E-state index in [1.807, 2.05) is 30.3 Å². The zero-order valence-corrected chi connectivity index (χ0v) is 14.9. The molecule has 26 heavy (non-hydrogen) atoms. The average Bonchev–Trinajstić information content (AvgIpc) is 2.69. The highest BCUT2D eigenvalue weighted by atomic mass is 16.5. The molecule has 4 N–H and O–H groups in total. The molecule has 3 aromatic rings. The van der Waals surface area contributed by atoms with Crippen LogP contribution in [0.25, 0.3) is 10.9 Å². The number of hydrogen-bond acceptors (Lipinski definition) is 7. The van der Waals surface area contributed by atoms with Gasteiger partial charge in [-0.15, -0.1) is 0 Å². The number of benzene rings is 2. The van der Waals surface area contributed by atoms with E-state index in [2.05, 4.69) is 9.98 Å². The molecule has 0 aliphatic heterocycles. The lowest BCUT2D eigenvalue weighted by Gasteiger charge is -2.11. The Morgan fingerprint density at radius 2 is 1.81 bits per heavy atom. The third kappa shape index (κ3) is 3.08. The van der Waals surface area contributed by atoms with Crippen molar-refractivity contribution in [2.24, 2.45) is 4.99 Å². The van der Waals surface area contributed by atoms with Gasteiger partial charge in [-0.1, -0.05) is 6.07 Å². The van der Waals surface area contributed by atoms with Gasteiger partial charge in [0, 0.05) is 17.0 Å². The molecule has 8 nitrogen and oxygen atoms in total. The van der Waals surface area contributed by atoms with Gasteiger partial charge in [0.25, 0.3) is 0 Å². The van der Waals surface area contributed by atoms with E-state index in [9.17, 15) is 0 Å². The van der Waals surface area contributed by atoms with Gasteiger partial charge in [-0.05, 0) is 24.3 Å². The van der Waals surface area contributed by atoms with Crippen LogP contribution in [-0.2, 0) is 6.54 Å². The number of aromatic nitrogens is 2. The number of rotatable bonds is 5. The molecule has 0 saturated carbocycles. The fraction of sp³-hybridized carbons (Fsp3) is 0.222. The number of anilines is 1. The number of fused-ring (bicyclic) bond motifs is 1. The largest absolute Gasteiger partial charge is 0.497 e. The molecular weight excluding hydrogens is 334 g/mol. The summed E-state index contributed by atoms with van der Waals surface area (Å²) in [5.74, 6) is 8.40. The van der Waals surface area contributed by atoms with Crippen molar-refractivity contribution in [2.75, 3.05) is 32.9 Å². The van der Waals surface area contributed by atoms with Crippen LogP contribution in [-0.4, -0.2) is 31.0 Å². The third-order valence-corrected chi connectivity index (χ3v) is 4.07. The summed E-state index contributed by atoms with van der Waals surface area (Å²) >= 11 is 0. The van der Waals surface area contributed by atoms with E-state index in [4.69, 9.17) is 25.8 Å². The van der Waals surface area contributed by atoms with Crippen molar-refractivity contribution in [3.63, 3.8) is 0 Å². The molecule has 0 atom stereocenters. The number of hydrogen-bond donors (Lipinski definition) is 2. The predicted molar refractivity (Wildman–Crippen MR) is 99.7 cm³/mol. The lowest BCUT2D eigenvalue weighted by molar-refractivity contribution is 0.391. The minimum atomic E-state index is 0.289. The zero-order chi connectivity index (χ0) is 18.7. The van der Waals surface area contributed by atoms with Crippen LogP contribution in [0.4, 0.5) is 5.82 Å². The Bertz CT molecular complexity index is 1010. The molecule has 0 aliphatic rings. The number of nitrogen functional groups attached to an aromatic ring is 2. The molecule has 0 aliphatic carbocycles. The fourth-order valence-corrected chi connectivity index (χ4v) is 2.65. The smallest absolute Gasteiger partial charge is 0.246 e. The van der Waals surface area contributed by atoms with Crippen LogP contribution in [0.2, 0.25) is 0 Å². The Balaban J connectivity index is 2.09. The molecule has 136 valence electrons. The molecule has 1 heterocycles. The summed E-state index contributed by atoms with van der Waals surface area (Å²) < 4.78 is 17.2. The first-order valence-electron chi connectivity index (χ1n) is 7.90. The lowest BCUT2D eigenvalue weighted by Crippen LogP contribution is -2.33. The molecule has 3 rings (SSSR count). The number of methoxy groups -OCH3 is 3. The molecule has 8 heteroatoms. The van der Waals surface area contributed by atoms with Crippen molar-refractivity contribution < 1.29 is 14.2 Å². The van der Waals surface area contributed by atoms with Crippen molar-refractivity contribution in [1.82, 2.24) is 9.66 Å². The first kappa shape index (κ1) is 17.4. The van der Waals surface area contributed by atoms with Crippen LogP contribution in [0.5, 0.6) is 17.2 Å². The molecule has 0 radical (unpaired) electrons. The molecule has 0 bridgehead atoms.